The summed E-state index contributed by atoms with van der Waals surface area (Å²) >= 11 is 1.62. The smallest absolute Gasteiger partial charge is 0.307 e. The number of carbonyl (C=O) groups excluding carboxylic acids is 1. The highest BCUT2D eigenvalue weighted by Crippen LogP contribution is 2.38. The minimum absolute atomic E-state index is 0.180. The summed E-state index contributed by atoms with van der Waals surface area (Å²) in [7, 11) is 0. The fraction of sp³-hybridized carbons (Fsp3) is 0.409. The lowest BCUT2D eigenvalue weighted by atomic mass is 9.99. The molecule has 3 aromatic rings. The molecule has 0 aliphatic rings. The van der Waals surface area contributed by atoms with Crippen LogP contribution >= 0.6 is 11.3 Å². The summed E-state index contributed by atoms with van der Waals surface area (Å²) in [5.74, 6) is 1.20. The SMILES string of the molecule is CCOC(=O)CCN(CC)c1ncnc2scc(-c3ccc(C(C)C)cc3)c12. The lowest BCUT2D eigenvalue weighted by Crippen LogP contribution is -2.27. The predicted molar refractivity (Wildman–Crippen MR) is 116 cm³/mol. The highest BCUT2D eigenvalue weighted by atomic mass is 32.1. The molecule has 0 bridgehead atoms. The summed E-state index contributed by atoms with van der Waals surface area (Å²) in [6.45, 7) is 10.0. The molecule has 0 fully saturated rings. The molecule has 6 heteroatoms. The van der Waals surface area contributed by atoms with Crippen LogP contribution in [0.5, 0.6) is 0 Å². The molecule has 0 atom stereocenters. The minimum Gasteiger partial charge on any atom is -0.466 e. The number of carbonyl (C=O) groups is 1. The molecule has 0 aliphatic carbocycles. The lowest BCUT2D eigenvalue weighted by Gasteiger charge is -2.22. The van der Waals surface area contributed by atoms with Crippen LogP contribution in [-0.4, -0.2) is 35.6 Å². The van der Waals surface area contributed by atoms with E-state index in [4.69, 9.17) is 4.74 Å². The van der Waals surface area contributed by atoms with E-state index in [-0.39, 0.29) is 5.97 Å². The Bertz CT molecular complexity index is 935. The van der Waals surface area contributed by atoms with Crippen molar-refractivity contribution in [3.8, 4) is 11.1 Å². The number of hydrogen-bond donors (Lipinski definition) is 0. The molecule has 0 aliphatic heterocycles. The molecule has 5 nitrogen and oxygen atoms in total. The third kappa shape index (κ3) is 4.33. The van der Waals surface area contributed by atoms with Crippen molar-refractivity contribution < 1.29 is 9.53 Å². The standard InChI is InChI=1S/C22H27N3O2S/c1-5-25(12-11-19(26)27-6-2)21-20-18(13-28-22(20)24-14-23-21)17-9-7-16(8-10-17)15(3)4/h7-10,13-15H,5-6,11-12H2,1-4H3. The van der Waals surface area contributed by atoms with Crippen molar-refractivity contribution in [2.45, 2.75) is 40.0 Å². The largest absolute Gasteiger partial charge is 0.466 e. The molecule has 0 radical (unpaired) electrons. The van der Waals surface area contributed by atoms with Crippen molar-refractivity contribution in [1.82, 2.24) is 9.97 Å². The van der Waals surface area contributed by atoms with Gasteiger partial charge >= 0.3 is 5.97 Å². The van der Waals surface area contributed by atoms with Gasteiger partial charge in [-0.2, -0.15) is 0 Å². The molecular weight excluding hydrogens is 370 g/mol. The topological polar surface area (TPSA) is 55.3 Å². The number of rotatable bonds is 8. The Morgan fingerprint density at radius 1 is 1.18 bits per heavy atom. The number of thiophene rings is 1. The van der Waals surface area contributed by atoms with Gasteiger partial charge in [0, 0.05) is 24.0 Å². The van der Waals surface area contributed by atoms with E-state index in [9.17, 15) is 4.79 Å². The Kier molecular flexibility index (Phi) is 6.62. The van der Waals surface area contributed by atoms with E-state index < -0.39 is 0 Å². The third-order valence-electron chi connectivity index (χ3n) is 4.81. The second-order valence-corrected chi connectivity index (χ2v) is 7.80. The van der Waals surface area contributed by atoms with Crippen LogP contribution in [0.15, 0.2) is 36.0 Å². The second kappa shape index (κ2) is 9.15. The van der Waals surface area contributed by atoms with Crippen LogP contribution in [0.2, 0.25) is 0 Å². The van der Waals surface area contributed by atoms with Crippen molar-refractivity contribution in [1.29, 1.82) is 0 Å². The highest BCUT2D eigenvalue weighted by Gasteiger charge is 2.18. The zero-order valence-electron chi connectivity index (χ0n) is 16.9. The van der Waals surface area contributed by atoms with Crippen LogP contribution < -0.4 is 4.90 Å². The van der Waals surface area contributed by atoms with Crippen molar-refractivity contribution in [3.05, 3.63) is 41.5 Å². The number of fused-ring (bicyclic) bond motifs is 1. The van der Waals surface area contributed by atoms with Crippen molar-refractivity contribution in [3.63, 3.8) is 0 Å². The summed E-state index contributed by atoms with van der Waals surface area (Å²) < 4.78 is 5.07. The average molecular weight is 398 g/mol. The summed E-state index contributed by atoms with van der Waals surface area (Å²) in [6.07, 6.45) is 1.95. The van der Waals surface area contributed by atoms with E-state index in [1.165, 1.54) is 5.56 Å². The summed E-state index contributed by atoms with van der Waals surface area (Å²) in [4.78, 5) is 23.9. The van der Waals surface area contributed by atoms with E-state index in [2.05, 4.69) is 65.3 Å². The number of esters is 1. The van der Waals surface area contributed by atoms with Gasteiger partial charge in [-0.05, 0) is 30.9 Å². The van der Waals surface area contributed by atoms with E-state index in [0.717, 1.165) is 33.7 Å². The Morgan fingerprint density at radius 2 is 1.93 bits per heavy atom. The van der Waals surface area contributed by atoms with Gasteiger partial charge in [0.15, 0.2) is 0 Å². The lowest BCUT2D eigenvalue weighted by molar-refractivity contribution is -0.142. The molecule has 0 saturated heterocycles. The van der Waals surface area contributed by atoms with Crippen LogP contribution in [0.25, 0.3) is 21.3 Å². The van der Waals surface area contributed by atoms with Crippen LogP contribution in [0.3, 0.4) is 0 Å². The quantitative estimate of drug-likeness (QED) is 0.485. The van der Waals surface area contributed by atoms with Gasteiger partial charge in [-0.25, -0.2) is 9.97 Å². The fourth-order valence-electron chi connectivity index (χ4n) is 3.23. The first-order chi connectivity index (χ1) is 13.5. The summed E-state index contributed by atoms with van der Waals surface area (Å²) in [6, 6.07) is 8.71. The Morgan fingerprint density at radius 3 is 2.57 bits per heavy atom. The molecule has 2 aromatic heterocycles. The maximum atomic E-state index is 11.8. The average Bonchev–Trinajstić information content (AvgIpc) is 3.13. The number of aromatic nitrogens is 2. The fourth-order valence-corrected chi connectivity index (χ4v) is 4.14. The molecule has 148 valence electrons. The zero-order valence-corrected chi connectivity index (χ0v) is 17.8. The predicted octanol–water partition coefficient (Wildman–Crippen LogP) is 5.26. The molecule has 0 spiro atoms. The molecule has 28 heavy (non-hydrogen) atoms. The van der Waals surface area contributed by atoms with Crippen molar-refractivity contribution in [2.75, 3.05) is 24.6 Å². The molecule has 2 heterocycles. The van der Waals surface area contributed by atoms with E-state index in [1.54, 1.807) is 17.7 Å². The van der Waals surface area contributed by atoms with Crippen molar-refractivity contribution in [2.24, 2.45) is 0 Å². The van der Waals surface area contributed by atoms with E-state index in [0.29, 0.717) is 25.5 Å². The molecule has 0 N–H and O–H groups in total. The van der Waals surface area contributed by atoms with Gasteiger partial charge in [-0.15, -0.1) is 11.3 Å². The van der Waals surface area contributed by atoms with Crippen LogP contribution in [0, 0.1) is 0 Å². The van der Waals surface area contributed by atoms with Crippen LogP contribution in [-0.2, 0) is 9.53 Å². The summed E-state index contributed by atoms with van der Waals surface area (Å²) in [5, 5.41) is 3.20. The van der Waals surface area contributed by atoms with E-state index in [1.807, 2.05) is 6.92 Å². The van der Waals surface area contributed by atoms with Gasteiger partial charge in [0.25, 0.3) is 0 Å². The minimum atomic E-state index is -0.180. The molecule has 0 unspecified atom stereocenters. The van der Waals surface area contributed by atoms with Gasteiger partial charge in [-0.1, -0.05) is 38.1 Å². The Labute approximate surface area is 170 Å². The Hall–Kier alpha value is -2.47. The number of ether oxygens (including phenoxy) is 1. The van der Waals surface area contributed by atoms with Gasteiger partial charge in [0.1, 0.15) is 17.0 Å². The van der Waals surface area contributed by atoms with Gasteiger partial charge in [0.05, 0.1) is 18.4 Å². The number of benzene rings is 1. The van der Waals surface area contributed by atoms with Gasteiger partial charge in [-0.3, -0.25) is 4.79 Å². The van der Waals surface area contributed by atoms with Crippen molar-refractivity contribution >= 4 is 33.3 Å². The third-order valence-corrected chi connectivity index (χ3v) is 5.70. The number of hydrogen-bond acceptors (Lipinski definition) is 6. The first kappa shape index (κ1) is 20.3. The highest BCUT2D eigenvalue weighted by molar-refractivity contribution is 7.17. The molecule has 3 rings (SSSR count). The summed E-state index contributed by atoms with van der Waals surface area (Å²) in [5.41, 5.74) is 3.62. The second-order valence-electron chi connectivity index (χ2n) is 6.94. The molecule has 0 saturated carbocycles. The normalized spacial score (nSPS) is 11.2. The van der Waals surface area contributed by atoms with Gasteiger partial charge in [0.2, 0.25) is 0 Å². The molecule has 0 amide bonds. The molecular formula is C22H27N3O2S. The van der Waals surface area contributed by atoms with Gasteiger partial charge < -0.3 is 9.64 Å². The first-order valence-corrected chi connectivity index (χ1v) is 10.7. The maximum Gasteiger partial charge on any atom is 0.307 e. The zero-order chi connectivity index (χ0) is 20.1. The number of nitrogens with zero attached hydrogens (tertiary/aromatic N) is 3. The maximum absolute atomic E-state index is 11.8. The monoisotopic (exact) mass is 397 g/mol. The molecule has 1 aromatic carbocycles. The van der Waals surface area contributed by atoms with E-state index >= 15 is 0 Å². The first-order valence-electron chi connectivity index (χ1n) is 9.78. The number of anilines is 1. The Balaban J connectivity index is 1.97. The van der Waals surface area contributed by atoms with Crippen LogP contribution in [0.4, 0.5) is 5.82 Å². The van der Waals surface area contributed by atoms with Crippen LogP contribution in [0.1, 0.15) is 45.6 Å².